The van der Waals surface area contributed by atoms with Crippen molar-refractivity contribution in [2.45, 2.75) is 38.1 Å². The summed E-state index contributed by atoms with van der Waals surface area (Å²) in [7, 11) is 0. The van der Waals surface area contributed by atoms with E-state index in [1.807, 2.05) is 0 Å². The summed E-state index contributed by atoms with van der Waals surface area (Å²) in [6.07, 6.45) is 5.70. The van der Waals surface area contributed by atoms with Gasteiger partial charge in [-0.3, -0.25) is 4.79 Å². The van der Waals surface area contributed by atoms with Crippen molar-refractivity contribution in [1.82, 2.24) is 0 Å². The summed E-state index contributed by atoms with van der Waals surface area (Å²) >= 11 is 0. The zero-order chi connectivity index (χ0) is 16.5. The van der Waals surface area contributed by atoms with Crippen molar-refractivity contribution in [2.75, 3.05) is 25.0 Å². The molecular weight excluding hydrogens is 332 g/mol. The third-order valence-electron chi connectivity index (χ3n) is 7.49. The van der Waals surface area contributed by atoms with Gasteiger partial charge in [0.05, 0.1) is 18.5 Å². The molecule has 2 bridgehead atoms. The number of anilines is 1. The number of aldehydes is 1. The lowest BCUT2D eigenvalue weighted by atomic mass is 9.61. The zero-order valence-corrected chi connectivity index (χ0v) is 15.6. The first-order valence-corrected chi connectivity index (χ1v) is 9.27. The molecule has 1 N–H and O–H groups in total. The Morgan fingerprint density at radius 2 is 2.16 bits per heavy atom. The molecule has 4 atom stereocenters. The van der Waals surface area contributed by atoms with Crippen LogP contribution in [0.3, 0.4) is 0 Å². The number of carbonyl (C=O) groups excluding carboxylic acids is 1. The second-order valence-corrected chi connectivity index (χ2v) is 7.92. The Kier molecular flexibility index (Phi) is 3.68. The number of carbonyl (C=O) groups is 1. The van der Waals surface area contributed by atoms with Crippen molar-refractivity contribution < 1.29 is 21.7 Å². The Morgan fingerprint density at radius 3 is 2.88 bits per heavy atom. The van der Waals surface area contributed by atoms with Gasteiger partial charge in [0.15, 0.2) is 0 Å². The molecule has 2 fully saturated rings. The summed E-state index contributed by atoms with van der Waals surface area (Å²) in [5, 5.41) is 3.68. The molecule has 132 valence electrons. The summed E-state index contributed by atoms with van der Waals surface area (Å²) in [5.74, 6) is 0.318. The van der Waals surface area contributed by atoms with E-state index in [4.69, 9.17) is 0 Å². The number of fused-ring (bicyclic) bond motifs is 2. The van der Waals surface area contributed by atoms with Gasteiger partial charge in [0.2, 0.25) is 0 Å². The van der Waals surface area contributed by atoms with Gasteiger partial charge in [0, 0.05) is 35.7 Å². The first kappa shape index (κ1) is 16.9. The minimum Gasteiger partial charge on any atom is -1.00 e. The fraction of sp³-hybridized carbons (Fsp3) is 0.476. The minimum absolute atomic E-state index is 0. The molecule has 3 aliphatic heterocycles. The number of nitrogens with one attached hydrogen (secondary N) is 1. The minimum atomic E-state index is 0. The molecular formula is C21H25ClN2O. The van der Waals surface area contributed by atoms with Gasteiger partial charge in [-0.1, -0.05) is 24.3 Å². The molecule has 3 nitrogen and oxygen atoms in total. The van der Waals surface area contributed by atoms with E-state index in [1.165, 1.54) is 40.1 Å². The molecule has 5 rings (SSSR count). The fourth-order valence-electron chi connectivity index (χ4n) is 6.37. The molecule has 0 radical (unpaired) electrons. The number of para-hydroxylation sites is 1. The maximum atomic E-state index is 12.1. The first-order chi connectivity index (χ1) is 11.7. The lowest BCUT2D eigenvalue weighted by Crippen LogP contribution is -3.00. The van der Waals surface area contributed by atoms with Crippen LogP contribution in [0.25, 0.3) is 0 Å². The standard InChI is InChI=1S/C21H24N2O.ClH/c1-3-14-12-23(4-2)10-9-21-17-7-5-6-8-18(17)22-20(21)16(13-24)15(14)11-19(21)23;/h3,5-8,13,15,19H,4,9-12H2,1-2H3;1H/b14-3-;/t15-,19-,21?,23?;/m0./s1. The predicted molar refractivity (Wildman–Crippen MR) is 95.6 cm³/mol. The maximum Gasteiger partial charge on any atom is 0.148 e. The highest BCUT2D eigenvalue weighted by Crippen LogP contribution is 2.63. The van der Waals surface area contributed by atoms with Crippen LogP contribution in [-0.4, -0.2) is 36.4 Å². The Labute approximate surface area is 155 Å². The van der Waals surface area contributed by atoms with Crippen LogP contribution in [0.2, 0.25) is 0 Å². The topological polar surface area (TPSA) is 29.1 Å². The summed E-state index contributed by atoms with van der Waals surface area (Å²) in [6, 6.07) is 9.33. The summed E-state index contributed by atoms with van der Waals surface area (Å²) in [6.45, 7) is 8.01. The van der Waals surface area contributed by atoms with Gasteiger partial charge in [-0.05, 0) is 31.1 Å². The second-order valence-electron chi connectivity index (χ2n) is 7.92. The Morgan fingerprint density at radius 1 is 1.36 bits per heavy atom. The molecule has 0 aromatic heterocycles. The average Bonchev–Trinajstić information content (AvgIpc) is 3.15. The van der Waals surface area contributed by atoms with Crippen LogP contribution < -0.4 is 17.7 Å². The number of allylic oxidation sites excluding steroid dienone is 2. The number of quaternary nitrogens is 1. The van der Waals surface area contributed by atoms with E-state index < -0.39 is 0 Å². The van der Waals surface area contributed by atoms with Crippen molar-refractivity contribution in [2.24, 2.45) is 5.92 Å². The summed E-state index contributed by atoms with van der Waals surface area (Å²) in [4.78, 5) is 12.1. The van der Waals surface area contributed by atoms with Gasteiger partial charge < -0.3 is 22.2 Å². The van der Waals surface area contributed by atoms with E-state index in [0.29, 0.717) is 12.0 Å². The fourth-order valence-corrected chi connectivity index (χ4v) is 6.37. The summed E-state index contributed by atoms with van der Waals surface area (Å²) < 4.78 is 1.20. The van der Waals surface area contributed by atoms with E-state index in [9.17, 15) is 4.79 Å². The van der Waals surface area contributed by atoms with Crippen molar-refractivity contribution in [3.8, 4) is 0 Å². The third-order valence-corrected chi connectivity index (χ3v) is 7.49. The molecule has 1 aliphatic carbocycles. The van der Waals surface area contributed by atoms with E-state index in [0.717, 1.165) is 31.2 Å². The number of benzene rings is 1. The van der Waals surface area contributed by atoms with E-state index in [1.54, 1.807) is 0 Å². The Bertz CT molecular complexity index is 814. The summed E-state index contributed by atoms with van der Waals surface area (Å²) in [5.41, 5.74) is 6.41. The molecule has 1 aromatic rings. The number of likely N-dealkylation sites (N-methyl/N-ethyl adjacent to an activating group) is 1. The highest BCUT2D eigenvalue weighted by atomic mass is 35.5. The van der Waals surface area contributed by atoms with E-state index >= 15 is 0 Å². The van der Waals surface area contributed by atoms with E-state index in [-0.39, 0.29) is 17.8 Å². The Hall–Kier alpha value is -1.58. The Balaban J connectivity index is 0.00000157. The van der Waals surface area contributed by atoms with Crippen molar-refractivity contribution in [3.63, 3.8) is 0 Å². The monoisotopic (exact) mass is 356 g/mol. The number of nitrogens with zero attached hydrogens (tertiary/aromatic N) is 1. The van der Waals surface area contributed by atoms with Crippen LogP contribution in [-0.2, 0) is 10.2 Å². The van der Waals surface area contributed by atoms with Crippen LogP contribution in [0.4, 0.5) is 5.69 Å². The van der Waals surface area contributed by atoms with Gasteiger partial charge in [-0.15, -0.1) is 0 Å². The van der Waals surface area contributed by atoms with Crippen molar-refractivity contribution in [3.05, 3.63) is 52.7 Å². The third kappa shape index (κ3) is 1.78. The van der Waals surface area contributed by atoms with Gasteiger partial charge >= 0.3 is 0 Å². The maximum absolute atomic E-state index is 12.1. The number of hydrogen-bond donors (Lipinski definition) is 1. The molecule has 2 unspecified atom stereocenters. The zero-order valence-electron chi connectivity index (χ0n) is 14.9. The quantitative estimate of drug-likeness (QED) is 0.472. The molecule has 1 aromatic carbocycles. The van der Waals surface area contributed by atoms with E-state index in [2.05, 4.69) is 49.5 Å². The van der Waals surface area contributed by atoms with Crippen LogP contribution in [0.1, 0.15) is 32.3 Å². The highest BCUT2D eigenvalue weighted by molar-refractivity contribution is 5.84. The molecule has 0 saturated carbocycles. The average molecular weight is 357 g/mol. The van der Waals surface area contributed by atoms with Crippen LogP contribution in [0, 0.1) is 5.92 Å². The molecule has 3 heterocycles. The first-order valence-electron chi connectivity index (χ1n) is 9.27. The van der Waals surface area contributed by atoms with Gasteiger partial charge in [0.25, 0.3) is 0 Å². The number of rotatable bonds is 2. The van der Waals surface area contributed by atoms with Crippen LogP contribution >= 0.6 is 0 Å². The molecule has 4 heteroatoms. The van der Waals surface area contributed by atoms with Gasteiger partial charge in [-0.2, -0.15) is 0 Å². The van der Waals surface area contributed by atoms with Crippen LogP contribution in [0.5, 0.6) is 0 Å². The van der Waals surface area contributed by atoms with Crippen molar-refractivity contribution >= 4 is 12.0 Å². The molecule has 25 heavy (non-hydrogen) atoms. The lowest BCUT2D eigenvalue weighted by molar-refractivity contribution is -0.940. The predicted octanol–water partition coefficient (Wildman–Crippen LogP) is 0.396. The lowest BCUT2D eigenvalue weighted by Gasteiger charge is -2.53. The highest BCUT2D eigenvalue weighted by Gasteiger charge is 2.67. The SMILES string of the molecule is C/C=C1/C[N+]2(CC)CCC34C(=C(C=O)[C@H]1C[C@@H]32)Nc1ccccc14.[Cl-]. The number of piperidine rings is 1. The molecule has 0 amide bonds. The van der Waals surface area contributed by atoms with Gasteiger partial charge in [0.1, 0.15) is 18.9 Å². The molecule has 4 aliphatic rings. The number of hydrogen-bond acceptors (Lipinski definition) is 2. The van der Waals surface area contributed by atoms with Gasteiger partial charge in [-0.25, -0.2) is 0 Å². The second kappa shape index (κ2) is 5.46. The smallest absolute Gasteiger partial charge is 0.148 e. The number of halogens is 1. The molecule has 1 spiro atoms. The normalized spacial score (nSPS) is 38.7. The van der Waals surface area contributed by atoms with Crippen molar-refractivity contribution in [1.29, 1.82) is 0 Å². The largest absolute Gasteiger partial charge is 1.00 e. The molecule has 2 saturated heterocycles. The van der Waals surface area contributed by atoms with Crippen LogP contribution in [0.15, 0.2) is 47.2 Å².